The van der Waals surface area contributed by atoms with Crippen LogP contribution in [-0.4, -0.2) is 35.6 Å². The SMILES string of the molecule is CC(C)(C)OC(=O)N[C@H](COC(=O)O)[C@H](F)c1ccccc1. The molecule has 2 atom stereocenters. The molecule has 6 nitrogen and oxygen atoms in total. The van der Waals surface area contributed by atoms with E-state index in [1.54, 1.807) is 39.0 Å². The molecule has 0 spiro atoms. The number of carbonyl (C=O) groups is 2. The number of halogens is 1. The predicted octanol–water partition coefficient (Wildman–Crippen LogP) is 3.29. The molecule has 0 radical (unpaired) electrons. The Hall–Kier alpha value is -2.31. The fourth-order valence-corrected chi connectivity index (χ4v) is 1.69. The topological polar surface area (TPSA) is 84.9 Å². The molecule has 122 valence electrons. The standard InChI is InChI=1S/C15H20FNO5/c1-15(2,3)22-13(18)17-11(9-21-14(19)20)12(16)10-7-5-4-6-8-10/h4-8,11-12H,9H2,1-3H3,(H,17,18)(H,19,20)/t11-,12-/m1/s1. The number of rotatable bonds is 5. The van der Waals surface area contributed by atoms with Gasteiger partial charge in [0, 0.05) is 0 Å². The summed E-state index contributed by atoms with van der Waals surface area (Å²) in [6, 6.07) is 6.90. The van der Waals surface area contributed by atoms with E-state index >= 15 is 0 Å². The molecular weight excluding hydrogens is 293 g/mol. The van der Waals surface area contributed by atoms with Gasteiger partial charge in [0.2, 0.25) is 0 Å². The minimum atomic E-state index is -1.63. The van der Waals surface area contributed by atoms with E-state index in [1.165, 1.54) is 12.1 Å². The molecule has 0 aromatic heterocycles. The fraction of sp³-hybridized carbons (Fsp3) is 0.467. The molecule has 0 fully saturated rings. The first-order valence-corrected chi connectivity index (χ1v) is 6.73. The third kappa shape index (κ3) is 6.43. The highest BCUT2D eigenvalue weighted by Crippen LogP contribution is 2.22. The monoisotopic (exact) mass is 313 g/mol. The van der Waals surface area contributed by atoms with Crippen molar-refractivity contribution in [1.29, 1.82) is 0 Å². The highest BCUT2D eigenvalue weighted by atomic mass is 19.1. The van der Waals surface area contributed by atoms with Gasteiger partial charge in [-0.1, -0.05) is 30.3 Å². The molecule has 1 aromatic rings. The summed E-state index contributed by atoms with van der Waals surface area (Å²) in [6.45, 7) is 4.48. The summed E-state index contributed by atoms with van der Waals surface area (Å²) >= 11 is 0. The normalized spacial score (nSPS) is 13.8. The van der Waals surface area contributed by atoms with Gasteiger partial charge in [-0.2, -0.15) is 0 Å². The van der Waals surface area contributed by atoms with Crippen LogP contribution < -0.4 is 5.32 Å². The summed E-state index contributed by atoms with van der Waals surface area (Å²) < 4.78 is 23.9. The van der Waals surface area contributed by atoms with E-state index in [9.17, 15) is 14.0 Å². The second-order valence-electron chi connectivity index (χ2n) is 5.64. The van der Waals surface area contributed by atoms with Gasteiger partial charge in [-0.3, -0.25) is 0 Å². The Labute approximate surface area is 128 Å². The lowest BCUT2D eigenvalue weighted by Crippen LogP contribution is -2.44. The van der Waals surface area contributed by atoms with Crippen molar-refractivity contribution in [1.82, 2.24) is 5.32 Å². The van der Waals surface area contributed by atoms with E-state index in [-0.39, 0.29) is 0 Å². The zero-order valence-corrected chi connectivity index (χ0v) is 12.7. The molecule has 22 heavy (non-hydrogen) atoms. The molecule has 0 aliphatic heterocycles. The largest absolute Gasteiger partial charge is 0.505 e. The Morgan fingerprint density at radius 2 is 1.86 bits per heavy atom. The number of hydrogen-bond donors (Lipinski definition) is 2. The van der Waals surface area contributed by atoms with Gasteiger partial charge in [-0.15, -0.1) is 0 Å². The van der Waals surface area contributed by atoms with Gasteiger partial charge in [0.1, 0.15) is 24.4 Å². The first-order chi connectivity index (χ1) is 10.2. The quantitative estimate of drug-likeness (QED) is 0.815. The number of hydrogen-bond acceptors (Lipinski definition) is 4. The van der Waals surface area contributed by atoms with E-state index in [0.29, 0.717) is 5.56 Å². The molecule has 0 aliphatic rings. The van der Waals surface area contributed by atoms with Crippen molar-refractivity contribution in [3.63, 3.8) is 0 Å². The molecule has 0 saturated carbocycles. The summed E-state index contributed by atoms with van der Waals surface area (Å²) in [6.07, 6.45) is -4.02. The number of benzene rings is 1. The van der Waals surface area contributed by atoms with Gasteiger partial charge in [0.05, 0.1) is 0 Å². The van der Waals surface area contributed by atoms with E-state index < -0.39 is 36.7 Å². The number of alkyl carbamates (subject to hydrolysis) is 1. The Kier molecular flexibility index (Phi) is 6.15. The Morgan fingerprint density at radius 1 is 1.27 bits per heavy atom. The average Bonchev–Trinajstić information content (AvgIpc) is 2.41. The number of ether oxygens (including phenoxy) is 2. The molecule has 2 N–H and O–H groups in total. The summed E-state index contributed by atoms with van der Waals surface area (Å²) in [5.41, 5.74) is -0.446. The van der Waals surface area contributed by atoms with E-state index in [0.717, 1.165) is 0 Å². The minimum Gasteiger partial charge on any atom is -0.450 e. The van der Waals surface area contributed by atoms with Crippen LogP contribution in [0.1, 0.15) is 32.5 Å². The third-order valence-corrected chi connectivity index (χ3v) is 2.56. The van der Waals surface area contributed by atoms with Crippen LogP contribution in [0.2, 0.25) is 0 Å². The van der Waals surface area contributed by atoms with Gasteiger partial charge in [-0.05, 0) is 26.3 Å². The molecule has 0 saturated heterocycles. The van der Waals surface area contributed by atoms with Crippen LogP contribution in [0.15, 0.2) is 30.3 Å². The Balaban J connectivity index is 2.79. The van der Waals surface area contributed by atoms with Crippen LogP contribution >= 0.6 is 0 Å². The molecule has 0 heterocycles. The van der Waals surface area contributed by atoms with Crippen molar-refractivity contribution in [3.05, 3.63) is 35.9 Å². The van der Waals surface area contributed by atoms with Gasteiger partial charge in [0.15, 0.2) is 0 Å². The summed E-state index contributed by atoms with van der Waals surface area (Å²) in [5.74, 6) is 0. The van der Waals surface area contributed by atoms with Gasteiger partial charge in [0.25, 0.3) is 0 Å². The van der Waals surface area contributed by atoms with Crippen molar-refractivity contribution in [2.75, 3.05) is 6.61 Å². The Bertz CT molecular complexity index is 500. The zero-order valence-electron chi connectivity index (χ0n) is 12.7. The minimum absolute atomic E-state index is 0.303. The van der Waals surface area contributed by atoms with Gasteiger partial charge < -0.3 is 19.9 Å². The van der Waals surface area contributed by atoms with Crippen LogP contribution in [0.4, 0.5) is 14.0 Å². The number of nitrogens with one attached hydrogen (secondary N) is 1. The van der Waals surface area contributed by atoms with Crippen molar-refractivity contribution >= 4 is 12.2 Å². The summed E-state index contributed by atoms with van der Waals surface area (Å²) in [5, 5.41) is 10.8. The second-order valence-corrected chi connectivity index (χ2v) is 5.64. The third-order valence-electron chi connectivity index (χ3n) is 2.56. The summed E-state index contributed by atoms with van der Waals surface area (Å²) in [7, 11) is 0. The fourth-order valence-electron chi connectivity index (χ4n) is 1.69. The molecule has 0 unspecified atom stereocenters. The lowest BCUT2D eigenvalue weighted by molar-refractivity contribution is 0.0363. The lowest BCUT2D eigenvalue weighted by atomic mass is 10.0. The summed E-state index contributed by atoms with van der Waals surface area (Å²) in [4.78, 5) is 22.2. The Morgan fingerprint density at radius 3 is 2.36 bits per heavy atom. The molecule has 0 bridgehead atoms. The van der Waals surface area contributed by atoms with Crippen LogP contribution in [0.3, 0.4) is 0 Å². The average molecular weight is 313 g/mol. The smallest absolute Gasteiger partial charge is 0.450 e. The van der Waals surface area contributed by atoms with Crippen molar-refractivity contribution in [3.8, 4) is 0 Å². The first-order valence-electron chi connectivity index (χ1n) is 6.73. The molecular formula is C15H20FNO5. The van der Waals surface area contributed by atoms with E-state index in [4.69, 9.17) is 9.84 Å². The maximum Gasteiger partial charge on any atom is 0.505 e. The number of carboxylic acid groups (broad SMARTS) is 1. The van der Waals surface area contributed by atoms with Crippen molar-refractivity contribution in [2.45, 2.75) is 38.6 Å². The van der Waals surface area contributed by atoms with Crippen LogP contribution in [0.5, 0.6) is 0 Å². The van der Waals surface area contributed by atoms with Crippen molar-refractivity contribution in [2.24, 2.45) is 0 Å². The maximum atomic E-state index is 14.5. The van der Waals surface area contributed by atoms with Crippen LogP contribution in [0.25, 0.3) is 0 Å². The van der Waals surface area contributed by atoms with E-state index in [2.05, 4.69) is 10.1 Å². The molecule has 1 amide bonds. The lowest BCUT2D eigenvalue weighted by Gasteiger charge is -2.25. The number of carbonyl (C=O) groups excluding carboxylic acids is 1. The van der Waals surface area contributed by atoms with E-state index in [1.807, 2.05) is 0 Å². The number of amides is 1. The second kappa shape index (κ2) is 7.63. The molecule has 1 rings (SSSR count). The highest BCUT2D eigenvalue weighted by Gasteiger charge is 2.28. The first kappa shape index (κ1) is 17.7. The van der Waals surface area contributed by atoms with Gasteiger partial charge in [-0.25, -0.2) is 14.0 Å². The zero-order chi connectivity index (χ0) is 16.8. The van der Waals surface area contributed by atoms with Gasteiger partial charge >= 0.3 is 12.2 Å². The molecule has 0 aliphatic carbocycles. The molecule has 1 aromatic carbocycles. The number of alkyl halides is 1. The maximum absolute atomic E-state index is 14.5. The molecule has 7 heteroatoms. The van der Waals surface area contributed by atoms with Crippen LogP contribution in [0, 0.1) is 0 Å². The highest BCUT2D eigenvalue weighted by molar-refractivity contribution is 5.68. The predicted molar refractivity (Wildman–Crippen MR) is 77.4 cm³/mol. The van der Waals surface area contributed by atoms with Crippen molar-refractivity contribution < 1.29 is 28.6 Å². The van der Waals surface area contributed by atoms with Crippen LogP contribution in [-0.2, 0) is 9.47 Å².